The lowest BCUT2D eigenvalue weighted by Crippen LogP contribution is -2.13. The predicted molar refractivity (Wildman–Crippen MR) is 112 cm³/mol. The highest BCUT2D eigenvalue weighted by Gasteiger charge is 2.10. The first-order valence-electron chi connectivity index (χ1n) is 8.96. The summed E-state index contributed by atoms with van der Waals surface area (Å²) >= 11 is 1.50. The third kappa shape index (κ3) is 4.57. The Bertz CT molecular complexity index is 1190. The smallest absolute Gasteiger partial charge is 0.209 e. The molecule has 0 aliphatic carbocycles. The molecule has 2 aromatic carbocycles. The Morgan fingerprint density at radius 2 is 1.76 bits per heavy atom. The molecule has 144 valence electrons. The average Bonchev–Trinajstić information content (AvgIpc) is 2.75. The first-order valence-corrected chi connectivity index (χ1v) is 9.95. The van der Waals surface area contributed by atoms with E-state index in [2.05, 4.69) is 46.3 Å². The number of aromatic nitrogens is 4. The second-order valence-corrected chi connectivity index (χ2v) is 7.39. The number of hydrogen-bond donors (Lipinski definition) is 0. The van der Waals surface area contributed by atoms with Crippen molar-refractivity contribution in [1.29, 1.82) is 0 Å². The molecule has 0 aliphatic heterocycles. The fraction of sp³-hybridized carbons (Fsp3) is 0.0909. The molecule has 0 atom stereocenters. The average molecular weight is 404 g/mol. The Kier molecular flexibility index (Phi) is 5.48. The van der Waals surface area contributed by atoms with E-state index in [1.165, 1.54) is 45.8 Å². The van der Waals surface area contributed by atoms with Crippen LogP contribution in [-0.4, -0.2) is 19.7 Å². The van der Waals surface area contributed by atoms with Gasteiger partial charge >= 0.3 is 0 Å². The number of aryl methyl sites for hydroxylation is 1. The van der Waals surface area contributed by atoms with Gasteiger partial charge in [0, 0.05) is 24.2 Å². The second-order valence-electron chi connectivity index (χ2n) is 6.45. The highest BCUT2D eigenvalue weighted by molar-refractivity contribution is 7.98. The molecule has 0 bridgehead atoms. The summed E-state index contributed by atoms with van der Waals surface area (Å²) in [4.78, 5) is 21.2. The van der Waals surface area contributed by atoms with Crippen LogP contribution in [0.1, 0.15) is 11.1 Å². The van der Waals surface area contributed by atoms with Gasteiger partial charge in [0.15, 0.2) is 10.9 Å². The summed E-state index contributed by atoms with van der Waals surface area (Å²) in [5.41, 5.74) is 3.46. The highest BCUT2D eigenvalue weighted by Crippen LogP contribution is 2.21. The van der Waals surface area contributed by atoms with Crippen LogP contribution in [0.25, 0.3) is 17.1 Å². The van der Waals surface area contributed by atoms with Crippen LogP contribution >= 0.6 is 11.8 Å². The zero-order valence-electron chi connectivity index (χ0n) is 15.6. The Morgan fingerprint density at radius 1 is 1.00 bits per heavy atom. The topological polar surface area (TPSA) is 60.7 Å². The summed E-state index contributed by atoms with van der Waals surface area (Å²) in [6, 6.07) is 17.3. The van der Waals surface area contributed by atoms with Gasteiger partial charge in [-0.2, -0.15) is 5.10 Å². The van der Waals surface area contributed by atoms with Crippen LogP contribution in [0.15, 0.2) is 83.0 Å². The third-order valence-corrected chi connectivity index (χ3v) is 5.20. The zero-order chi connectivity index (χ0) is 20.2. The Morgan fingerprint density at radius 3 is 2.52 bits per heavy atom. The van der Waals surface area contributed by atoms with Gasteiger partial charge in [0.2, 0.25) is 5.43 Å². The molecule has 0 amide bonds. The zero-order valence-corrected chi connectivity index (χ0v) is 16.4. The van der Waals surface area contributed by atoms with E-state index in [9.17, 15) is 9.18 Å². The second kappa shape index (κ2) is 8.36. The van der Waals surface area contributed by atoms with Gasteiger partial charge in [-0.1, -0.05) is 41.6 Å². The lowest BCUT2D eigenvalue weighted by atomic mass is 10.2. The maximum Gasteiger partial charge on any atom is 0.209 e. The van der Waals surface area contributed by atoms with E-state index in [4.69, 9.17) is 0 Å². The lowest BCUT2D eigenvalue weighted by Gasteiger charge is -2.08. The molecule has 0 unspecified atom stereocenters. The molecule has 7 heteroatoms. The van der Waals surface area contributed by atoms with Gasteiger partial charge in [0.1, 0.15) is 5.82 Å². The number of thioether (sulfide) groups is 1. The van der Waals surface area contributed by atoms with Crippen molar-refractivity contribution < 1.29 is 4.39 Å². The van der Waals surface area contributed by atoms with Crippen molar-refractivity contribution in [1.82, 2.24) is 19.7 Å². The molecule has 29 heavy (non-hydrogen) atoms. The minimum atomic E-state index is -0.332. The monoisotopic (exact) mass is 404 g/mol. The fourth-order valence-electron chi connectivity index (χ4n) is 2.70. The van der Waals surface area contributed by atoms with Crippen molar-refractivity contribution in [2.24, 2.45) is 0 Å². The molecule has 4 rings (SSSR count). The van der Waals surface area contributed by atoms with E-state index in [1.54, 1.807) is 30.6 Å². The van der Waals surface area contributed by atoms with Crippen LogP contribution in [0.4, 0.5) is 4.39 Å². The van der Waals surface area contributed by atoms with E-state index in [0.717, 1.165) is 5.75 Å². The van der Waals surface area contributed by atoms with Crippen LogP contribution in [0.2, 0.25) is 0 Å². The van der Waals surface area contributed by atoms with E-state index in [0.29, 0.717) is 16.5 Å². The highest BCUT2D eigenvalue weighted by atomic mass is 32.2. The third-order valence-electron chi connectivity index (χ3n) is 4.26. The van der Waals surface area contributed by atoms with Gasteiger partial charge in [-0.05, 0) is 42.8 Å². The van der Waals surface area contributed by atoms with Crippen LogP contribution < -0.4 is 5.43 Å². The predicted octanol–water partition coefficient (Wildman–Crippen LogP) is 4.43. The standard InChI is InChI=1S/C22H17FN4OS/c1-15-2-4-16(5-3-15)14-29-22-24-12-10-19(25-22)21-20(28)11-13-27(26-21)18-8-6-17(23)7-9-18/h2-13H,14H2,1H3. The van der Waals surface area contributed by atoms with Gasteiger partial charge < -0.3 is 0 Å². The van der Waals surface area contributed by atoms with Gasteiger partial charge in [-0.25, -0.2) is 19.0 Å². The summed E-state index contributed by atoms with van der Waals surface area (Å²) in [7, 11) is 0. The van der Waals surface area contributed by atoms with Crippen molar-refractivity contribution in [3.8, 4) is 17.1 Å². The number of halogens is 1. The lowest BCUT2D eigenvalue weighted by molar-refractivity contribution is 0.627. The first kappa shape index (κ1) is 19.0. The van der Waals surface area contributed by atoms with Crippen LogP contribution in [-0.2, 0) is 5.75 Å². The van der Waals surface area contributed by atoms with Crippen molar-refractivity contribution in [2.45, 2.75) is 17.8 Å². The number of hydrogen-bond acceptors (Lipinski definition) is 5. The maximum absolute atomic E-state index is 13.2. The van der Waals surface area contributed by atoms with E-state index in [1.807, 2.05) is 0 Å². The normalized spacial score (nSPS) is 10.8. The van der Waals surface area contributed by atoms with Gasteiger partial charge in [-0.3, -0.25) is 4.79 Å². The largest absolute Gasteiger partial charge is 0.287 e. The van der Waals surface area contributed by atoms with E-state index in [-0.39, 0.29) is 16.9 Å². The fourth-order valence-corrected chi connectivity index (χ4v) is 3.48. The van der Waals surface area contributed by atoms with E-state index >= 15 is 0 Å². The molecule has 0 aliphatic rings. The number of nitrogens with zero attached hydrogens (tertiary/aromatic N) is 4. The van der Waals surface area contributed by atoms with Crippen LogP contribution in [0.5, 0.6) is 0 Å². The molecular weight excluding hydrogens is 387 g/mol. The first-order chi connectivity index (χ1) is 14.1. The van der Waals surface area contributed by atoms with Crippen molar-refractivity contribution in [3.05, 3.63) is 100 Å². The van der Waals surface area contributed by atoms with Crippen molar-refractivity contribution in [3.63, 3.8) is 0 Å². The van der Waals surface area contributed by atoms with Gasteiger partial charge in [0.25, 0.3) is 0 Å². The number of benzene rings is 2. The molecule has 0 radical (unpaired) electrons. The maximum atomic E-state index is 13.2. The minimum Gasteiger partial charge on any atom is -0.287 e. The van der Waals surface area contributed by atoms with Crippen LogP contribution in [0, 0.1) is 12.7 Å². The molecule has 4 aromatic rings. The van der Waals surface area contributed by atoms with Gasteiger partial charge in [-0.15, -0.1) is 0 Å². The summed E-state index contributed by atoms with van der Waals surface area (Å²) in [5.74, 6) is 0.396. The molecule has 0 fully saturated rings. The summed E-state index contributed by atoms with van der Waals surface area (Å²) < 4.78 is 14.7. The van der Waals surface area contributed by atoms with Crippen LogP contribution in [0.3, 0.4) is 0 Å². The van der Waals surface area contributed by atoms with Gasteiger partial charge in [0.05, 0.1) is 11.4 Å². The molecule has 0 saturated heterocycles. The quantitative estimate of drug-likeness (QED) is 0.364. The van der Waals surface area contributed by atoms with E-state index < -0.39 is 0 Å². The SMILES string of the molecule is Cc1ccc(CSc2nccc(-c3nn(-c4ccc(F)cc4)ccc3=O)n2)cc1. The molecular formula is C22H17FN4OS. The summed E-state index contributed by atoms with van der Waals surface area (Å²) in [6.45, 7) is 2.05. The molecule has 5 nitrogen and oxygen atoms in total. The van der Waals surface area contributed by atoms with Crippen molar-refractivity contribution in [2.75, 3.05) is 0 Å². The molecule has 0 saturated carbocycles. The summed E-state index contributed by atoms with van der Waals surface area (Å²) in [5, 5.41) is 4.96. The molecule has 0 N–H and O–H groups in total. The molecule has 2 aromatic heterocycles. The van der Waals surface area contributed by atoms with Crippen molar-refractivity contribution >= 4 is 11.8 Å². The molecule has 0 spiro atoms. The number of rotatable bonds is 5. The minimum absolute atomic E-state index is 0.219. The Labute approximate surface area is 171 Å². The Hall–Kier alpha value is -3.32. The summed E-state index contributed by atoms with van der Waals surface area (Å²) in [6.07, 6.45) is 3.17. The Balaban J connectivity index is 1.60. The molecule has 2 heterocycles.